The van der Waals surface area contributed by atoms with E-state index in [9.17, 15) is 0 Å². The molecule has 1 heterocycles. The largest absolute Gasteiger partial charge is 0.368 e. The van der Waals surface area contributed by atoms with Crippen LogP contribution < -0.4 is 0 Å². The molecule has 0 aromatic rings. The van der Waals surface area contributed by atoms with Crippen LogP contribution in [-0.4, -0.2) is 23.5 Å². The highest BCUT2D eigenvalue weighted by molar-refractivity contribution is 7.80. The van der Waals surface area contributed by atoms with Crippen molar-refractivity contribution >= 4 is 17.2 Å². The second-order valence-electron chi connectivity index (χ2n) is 2.77. The number of nitrogens with zero attached hydrogens (tertiary/aromatic N) is 1. The van der Waals surface area contributed by atoms with Crippen molar-refractivity contribution in [2.45, 2.75) is 13.3 Å². The topological polar surface area (TPSA) is 3.24 Å². The fourth-order valence-corrected chi connectivity index (χ4v) is 1.28. The molecule has 1 unspecified atom stereocenters. The van der Waals surface area contributed by atoms with Crippen molar-refractivity contribution < 1.29 is 0 Å². The van der Waals surface area contributed by atoms with Gasteiger partial charge in [-0.3, -0.25) is 0 Å². The summed E-state index contributed by atoms with van der Waals surface area (Å²) in [6.45, 7) is 3.21. The fraction of sp³-hybridized carbons (Fsp3) is 0.625. The van der Waals surface area contributed by atoms with Crippen LogP contribution in [0, 0.1) is 5.92 Å². The highest BCUT2D eigenvalue weighted by Gasteiger charge is 2.11. The summed E-state index contributed by atoms with van der Waals surface area (Å²) in [5.74, 6) is 0.447. The van der Waals surface area contributed by atoms with E-state index in [1.807, 2.05) is 0 Å². The maximum Gasteiger partial charge on any atom is 0.0843 e. The second kappa shape index (κ2) is 3.15. The molecule has 0 aliphatic carbocycles. The zero-order chi connectivity index (χ0) is 7.56. The Bertz CT molecular complexity index is 163. The van der Waals surface area contributed by atoms with E-state index >= 15 is 0 Å². The van der Waals surface area contributed by atoms with Gasteiger partial charge in [-0.2, -0.15) is 0 Å². The first kappa shape index (κ1) is 7.73. The van der Waals surface area contributed by atoms with E-state index < -0.39 is 0 Å². The van der Waals surface area contributed by atoms with Crippen LogP contribution >= 0.6 is 12.2 Å². The standard InChI is InChI=1S/C8H13NS/c1-7-5-3-4-6-9(2)8(7)10/h3,5,7H,4,6H2,1-2H3. The van der Waals surface area contributed by atoms with Crippen LogP contribution in [0.2, 0.25) is 0 Å². The van der Waals surface area contributed by atoms with E-state index in [0.29, 0.717) is 5.92 Å². The Kier molecular flexibility index (Phi) is 2.44. The summed E-state index contributed by atoms with van der Waals surface area (Å²) < 4.78 is 0. The Morgan fingerprint density at radius 3 is 3.10 bits per heavy atom. The predicted octanol–water partition coefficient (Wildman–Crippen LogP) is 1.84. The van der Waals surface area contributed by atoms with Crippen LogP contribution in [0.4, 0.5) is 0 Å². The van der Waals surface area contributed by atoms with E-state index in [-0.39, 0.29) is 0 Å². The lowest BCUT2D eigenvalue weighted by Crippen LogP contribution is -2.28. The monoisotopic (exact) mass is 155 g/mol. The molecule has 1 aliphatic heterocycles. The predicted molar refractivity (Wildman–Crippen MR) is 48.1 cm³/mol. The third-order valence-corrected chi connectivity index (χ3v) is 2.51. The van der Waals surface area contributed by atoms with E-state index in [0.717, 1.165) is 18.0 Å². The molecule has 1 nitrogen and oxygen atoms in total. The van der Waals surface area contributed by atoms with Crippen LogP contribution in [0.25, 0.3) is 0 Å². The van der Waals surface area contributed by atoms with E-state index in [1.165, 1.54) is 0 Å². The molecule has 1 atom stereocenters. The van der Waals surface area contributed by atoms with E-state index in [4.69, 9.17) is 12.2 Å². The van der Waals surface area contributed by atoms with Crippen molar-refractivity contribution in [3.05, 3.63) is 12.2 Å². The minimum Gasteiger partial charge on any atom is -0.368 e. The molecule has 56 valence electrons. The average molecular weight is 155 g/mol. The van der Waals surface area contributed by atoms with Gasteiger partial charge >= 0.3 is 0 Å². The number of hydrogen-bond acceptors (Lipinski definition) is 1. The summed E-state index contributed by atoms with van der Waals surface area (Å²) in [5.41, 5.74) is 0. The summed E-state index contributed by atoms with van der Waals surface area (Å²) in [6, 6.07) is 0. The molecule has 0 N–H and O–H groups in total. The smallest absolute Gasteiger partial charge is 0.0843 e. The molecule has 1 rings (SSSR count). The van der Waals surface area contributed by atoms with E-state index in [2.05, 4.69) is 31.0 Å². The van der Waals surface area contributed by atoms with Gasteiger partial charge in [0.1, 0.15) is 0 Å². The van der Waals surface area contributed by atoms with Crippen LogP contribution in [-0.2, 0) is 0 Å². The first-order chi connectivity index (χ1) is 4.72. The van der Waals surface area contributed by atoms with Crippen molar-refractivity contribution in [3.8, 4) is 0 Å². The Balaban J connectivity index is 2.67. The highest BCUT2D eigenvalue weighted by atomic mass is 32.1. The lowest BCUT2D eigenvalue weighted by atomic mass is 10.2. The van der Waals surface area contributed by atoms with Gasteiger partial charge in [-0.05, 0) is 6.42 Å². The van der Waals surface area contributed by atoms with Gasteiger partial charge in [0.15, 0.2) is 0 Å². The minimum absolute atomic E-state index is 0.447. The van der Waals surface area contributed by atoms with Gasteiger partial charge in [0.25, 0.3) is 0 Å². The van der Waals surface area contributed by atoms with Crippen molar-refractivity contribution in [1.82, 2.24) is 4.90 Å². The molecular weight excluding hydrogens is 142 g/mol. The SMILES string of the molecule is CC1C=CCCN(C)C1=S. The molecule has 0 spiro atoms. The first-order valence-electron chi connectivity index (χ1n) is 3.63. The molecule has 0 aromatic carbocycles. The van der Waals surface area contributed by atoms with Gasteiger partial charge in [0.2, 0.25) is 0 Å². The third kappa shape index (κ3) is 1.57. The summed E-state index contributed by atoms with van der Waals surface area (Å²) in [4.78, 5) is 3.22. The fourth-order valence-electron chi connectivity index (χ4n) is 1.11. The molecule has 0 saturated heterocycles. The Morgan fingerprint density at radius 1 is 1.70 bits per heavy atom. The summed E-state index contributed by atoms with van der Waals surface area (Å²) in [6.07, 6.45) is 5.52. The van der Waals surface area contributed by atoms with Crippen LogP contribution in [0.5, 0.6) is 0 Å². The lowest BCUT2D eigenvalue weighted by molar-refractivity contribution is 0.511. The normalized spacial score (nSPS) is 26.8. The first-order valence-corrected chi connectivity index (χ1v) is 4.04. The zero-order valence-electron chi connectivity index (χ0n) is 6.50. The van der Waals surface area contributed by atoms with Gasteiger partial charge < -0.3 is 4.90 Å². The summed E-state index contributed by atoms with van der Waals surface area (Å²) in [7, 11) is 2.06. The van der Waals surface area contributed by atoms with Gasteiger partial charge in [-0.15, -0.1) is 0 Å². The molecule has 0 bridgehead atoms. The van der Waals surface area contributed by atoms with Gasteiger partial charge in [0, 0.05) is 19.5 Å². The molecule has 0 saturated carbocycles. The molecule has 10 heavy (non-hydrogen) atoms. The van der Waals surface area contributed by atoms with Gasteiger partial charge in [-0.25, -0.2) is 0 Å². The average Bonchev–Trinajstić information content (AvgIpc) is 2.04. The molecule has 0 radical (unpaired) electrons. The maximum atomic E-state index is 5.21. The van der Waals surface area contributed by atoms with Crippen molar-refractivity contribution in [2.75, 3.05) is 13.6 Å². The summed E-state index contributed by atoms with van der Waals surface area (Å²) >= 11 is 5.21. The second-order valence-corrected chi connectivity index (χ2v) is 3.18. The molecule has 0 amide bonds. The zero-order valence-corrected chi connectivity index (χ0v) is 7.32. The maximum absolute atomic E-state index is 5.21. The Morgan fingerprint density at radius 2 is 2.40 bits per heavy atom. The quantitative estimate of drug-likeness (QED) is 0.388. The Hall–Kier alpha value is -0.370. The van der Waals surface area contributed by atoms with Crippen LogP contribution in [0.3, 0.4) is 0 Å². The van der Waals surface area contributed by atoms with E-state index in [1.54, 1.807) is 0 Å². The number of rotatable bonds is 0. The molecule has 0 aromatic heterocycles. The van der Waals surface area contributed by atoms with Crippen molar-refractivity contribution in [2.24, 2.45) is 5.92 Å². The number of thiocarbonyl (C=S) groups is 1. The van der Waals surface area contributed by atoms with Gasteiger partial charge in [-0.1, -0.05) is 31.3 Å². The Labute approximate surface area is 67.7 Å². The third-order valence-electron chi connectivity index (χ3n) is 1.82. The highest BCUT2D eigenvalue weighted by Crippen LogP contribution is 2.10. The van der Waals surface area contributed by atoms with Crippen LogP contribution in [0.1, 0.15) is 13.3 Å². The summed E-state index contributed by atoms with van der Waals surface area (Å²) in [5, 5.41) is 0. The number of hydrogen-bond donors (Lipinski definition) is 0. The lowest BCUT2D eigenvalue weighted by Gasteiger charge is -2.19. The molecular formula is C8H13NS. The minimum atomic E-state index is 0.447. The molecule has 1 aliphatic rings. The molecule has 2 heteroatoms. The van der Waals surface area contributed by atoms with Crippen molar-refractivity contribution in [1.29, 1.82) is 0 Å². The van der Waals surface area contributed by atoms with Crippen molar-refractivity contribution in [3.63, 3.8) is 0 Å². The molecule has 0 fully saturated rings. The van der Waals surface area contributed by atoms with Crippen LogP contribution in [0.15, 0.2) is 12.2 Å². The van der Waals surface area contributed by atoms with Gasteiger partial charge in [0.05, 0.1) is 4.99 Å².